The minimum absolute atomic E-state index is 0.0574. The zero-order valence-electron chi connectivity index (χ0n) is 13.5. The molecule has 1 saturated heterocycles. The van der Waals surface area contributed by atoms with Crippen LogP contribution in [0, 0.1) is 29.1 Å². The van der Waals surface area contributed by atoms with Crippen LogP contribution in [0.4, 0.5) is 27.6 Å². The molecule has 3 nitrogen and oxygen atoms in total. The third-order valence-electron chi connectivity index (χ3n) is 4.55. The molecule has 2 aromatic rings. The van der Waals surface area contributed by atoms with Gasteiger partial charge in [-0.3, -0.25) is 0 Å². The first-order chi connectivity index (χ1) is 12.5. The van der Waals surface area contributed by atoms with E-state index >= 15 is 0 Å². The standard InChI is InChI=1S/C18H14F5N3/c19-10-1-2-12(13(20)5-10)18-16-8-24-3-4-25(16)9-26(18)11-6-14(21)17(23)15(22)7-11/h1-2,5-7,24H,3-4,8-9H2. The Morgan fingerprint density at radius 1 is 0.885 bits per heavy atom. The lowest BCUT2D eigenvalue weighted by atomic mass is 10.1. The molecular weight excluding hydrogens is 353 g/mol. The first kappa shape index (κ1) is 16.8. The Bertz CT molecular complexity index is 889. The van der Waals surface area contributed by atoms with Crippen LogP contribution < -0.4 is 10.2 Å². The van der Waals surface area contributed by atoms with Gasteiger partial charge < -0.3 is 15.1 Å². The predicted molar refractivity (Wildman–Crippen MR) is 86.5 cm³/mol. The van der Waals surface area contributed by atoms with Crippen LogP contribution in [0.1, 0.15) is 5.56 Å². The molecule has 1 fully saturated rings. The smallest absolute Gasteiger partial charge is 0.194 e. The van der Waals surface area contributed by atoms with Crippen molar-refractivity contribution in [1.29, 1.82) is 0 Å². The number of halogens is 5. The molecule has 2 heterocycles. The maximum atomic E-state index is 14.4. The van der Waals surface area contributed by atoms with E-state index in [0.29, 0.717) is 25.3 Å². The number of hydrogen-bond acceptors (Lipinski definition) is 3. The lowest BCUT2D eigenvalue weighted by Gasteiger charge is -2.27. The summed E-state index contributed by atoms with van der Waals surface area (Å²) in [6.45, 7) is 1.97. The molecule has 0 aliphatic carbocycles. The Labute approximate surface area is 146 Å². The molecule has 2 aliphatic heterocycles. The van der Waals surface area contributed by atoms with Gasteiger partial charge in [-0.05, 0) is 12.1 Å². The van der Waals surface area contributed by atoms with Crippen LogP contribution in [-0.2, 0) is 0 Å². The summed E-state index contributed by atoms with van der Waals surface area (Å²) in [5.41, 5.74) is 1.27. The minimum Gasteiger partial charge on any atom is -0.353 e. The monoisotopic (exact) mass is 367 g/mol. The van der Waals surface area contributed by atoms with Gasteiger partial charge in [0.05, 0.1) is 18.1 Å². The maximum absolute atomic E-state index is 14.4. The van der Waals surface area contributed by atoms with Crippen LogP contribution in [0.15, 0.2) is 36.0 Å². The van der Waals surface area contributed by atoms with E-state index in [1.807, 2.05) is 4.90 Å². The summed E-state index contributed by atoms with van der Waals surface area (Å²) < 4.78 is 68.5. The molecule has 2 aromatic carbocycles. The highest BCUT2D eigenvalue weighted by Crippen LogP contribution is 2.38. The van der Waals surface area contributed by atoms with E-state index < -0.39 is 29.1 Å². The van der Waals surface area contributed by atoms with Gasteiger partial charge in [0.1, 0.15) is 11.6 Å². The molecule has 1 N–H and O–H groups in total. The summed E-state index contributed by atoms with van der Waals surface area (Å²) in [6, 6.07) is 4.90. The summed E-state index contributed by atoms with van der Waals surface area (Å²) in [5.74, 6) is -5.72. The van der Waals surface area contributed by atoms with Gasteiger partial charge in [-0.25, -0.2) is 22.0 Å². The molecule has 0 amide bonds. The number of benzene rings is 2. The van der Waals surface area contributed by atoms with Crippen molar-refractivity contribution in [3.63, 3.8) is 0 Å². The lowest BCUT2D eigenvalue weighted by molar-refractivity contribution is 0.329. The highest BCUT2D eigenvalue weighted by atomic mass is 19.2. The van der Waals surface area contributed by atoms with Gasteiger partial charge in [0.2, 0.25) is 0 Å². The summed E-state index contributed by atoms with van der Waals surface area (Å²) in [4.78, 5) is 3.44. The van der Waals surface area contributed by atoms with E-state index in [9.17, 15) is 22.0 Å². The van der Waals surface area contributed by atoms with Crippen LogP contribution in [-0.4, -0.2) is 31.2 Å². The molecule has 0 radical (unpaired) electrons. The second kappa shape index (κ2) is 6.28. The van der Waals surface area contributed by atoms with Crippen LogP contribution in [0.2, 0.25) is 0 Å². The van der Waals surface area contributed by atoms with Crippen LogP contribution in [0.25, 0.3) is 5.70 Å². The van der Waals surface area contributed by atoms with E-state index in [0.717, 1.165) is 30.0 Å². The van der Waals surface area contributed by atoms with Crippen molar-refractivity contribution in [3.8, 4) is 0 Å². The Morgan fingerprint density at radius 3 is 2.31 bits per heavy atom. The number of anilines is 1. The topological polar surface area (TPSA) is 18.5 Å². The summed E-state index contributed by atoms with van der Waals surface area (Å²) >= 11 is 0. The van der Waals surface area contributed by atoms with E-state index in [4.69, 9.17) is 0 Å². The van der Waals surface area contributed by atoms with Crippen molar-refractivity contribution < 1.29 is 22.0 Å². The fourth-order valence-electron chi connectivity index (χ4n) is 3.35. The van der Waals surface area contributed by atoms with Gasteiger partial charge >= 0.3 is 0 Å². The fourth-order valence-corrected chi connectivity index (χ4v) is 3.35. The zero-order valence-corrected chi connectivity index (χ0v) is 13.5. The first-order valence-electron chi connectivity index (χ1n) is 8.02. The average Bonchev–Trinajstić information content (AvgIpc) is 2.99. The SMILES string of the molecule is Fc1ccc(C2=C3CNCCN3CN2c2cc(F)c(F)c(F)c2)c(F)c1. The van der Waals surface area contributed by atoms with Gasteiger partial charge in [-0.2, -0.15) is 0 Å². The maximum Gasteiger partial charge on any atom is 0.194 e. The average molecular weight is 367 g/mol. The number of fused-ring (bicyclic) bond motifs is 1. The Morgan fingerprint density at radius 2 is 1.62 bits per heavy atom. The molecule has 0 unspecified atom stereocenters. The molecule has 0 aromatic heterocycles. The quantitative estimate of drug-likeness (QED) is 0.648. The fraction of sp³-hybridized carbons (Fsp3) is 0.222. The molecule has 0 saturated carbocycles. The molecule has 2 aliphatic rings. The third-order valence-corrected chi connectivity index (χ3v) is 4.55. The van der Waals surface area contributed by atoms with Crippen molar-refractivity contribution in [2.24, 2.45) is 0 Å². The van der Waals surface area contributed by atoms with E-state index in [-0.39, 0.29) is 17.9 Å². The largest absolute Gasteiger partial charge is 0.353 e. The Hall–Kier alpha value is -2.61. The van der Waals surface area contributed by atoms with Gasteiger partial charge in [-0.15, -0.1) is 0 Å². The zero-order chi connectivity index (χ0) is 18.4. The van der Waals surface area contributed by atoms with Gasteiger partial charge in [0.15, 0.2) is 17.5 Å². The van der Waals surface area contributed by atoms with Gasteiger partial charge in [0.25, 0.3) is 0 Å². The van der Waals surface area contributed by atoms with Gasteiger partial charge in [-0.1, -0.05) is 0 Å². The predicted octanol–water partition coefficient (Wildman–Crippen LogP) is 3.43. The third kappa shape index (κ3) is 2.70. The highest BCUT2D eigenvalue weighted by Gasteiger charge is 2.34. The van der Waals surface area contributed by atoms with Crippen LogP contribution in [0.5, 0.6) is 0 Å². The van der Waals surface area contributed by atoms with Crippen molar-refractivity contribution in [2.75, 3.05) is 31.2 Å². The molecule has 0 bridgehead atoms. The van der Waals surface area contributed by atoms with Gasteiger partial charge in [0, 0.05) is 49.1 Å². The number of piperazine rings is 1. The van der Waals surface area contributed by atoms with Crippen LogP contribution in [0.3, 0.4) is 0 Å². The summed E-state index contributed by atoms with van der Waals surface area (Å²) in [6.07, 6.45) is 0. The van der Waals surface area contributed by atoms with Crippen molar-refractivity contribution in [3.05, 3.63) is 70.7 Å². The number of nitrogens with one attached hydrogen (secondary N) is 1. The summed E-state index contributed by atoms with van der Waals surface area (Å²) in [7, 11) is 0. The van der Waals surface area contributed by atoms with E-state index in [1.54, 1.807) is 0 Å². The number of rotatable bonds is 2. The Balaban J connectivity index is 1.88. The van der Waals surface area contributed by atoms with Crippen LogP contribution >= 0.6 is 0 Å². The molecule has 136 valence electrons. The lowest BCUT2D eigenvalue weighted by Crippen LogP contribution is -2.41. The van der Waals surface area contributed by atoms with Crippen molar-refractivity contribution in [2.45, 2.75) is 0 Å². The number of hydrogen-bond donors (Lipinski definition) is 1. The molecular formula is C18H14F5N3. The van der Waals surface area contributed by atoms with E-state index in [2.05, 4.69) is 5.32 Å². The number of nitrogens with zero attached hydrogens (tertiary/aromatic N) is 2. The molecule has 4 rings (SSSR count). The first-order valence-corrected chi connectivity index (χ1v) is 8.02. The molecule has 26 heavy (non-hydrogen) atoms. The minimum atomic E-state index is -1.56. The van der Waals surface area contributed by atoms with Crippen molar-refractivity contribution >= 4 is 11.4 Å². The molecule has 0 atom stereocenters. The second-order valence-corrected chi connectivity index (χ2v) is 6.15. The summed E-state index contributed by atoms with van der Waals surface area (Å²) in [5, 5.41) is 3.16. The normalized spacial score (nSPS) is 17.1. The molecule has 8 heteroatoms. The highest BCUT2D eigenvalue weighted by molar-refractivity contribution is 5.84. The Kier molecular flexibility index (Phi) is 4.07. The van der Waals surface area contributed by atoms with E-state index in [1.165, 1.54) is 11.0 Å². The molecule has 0 spiro atoms. The van der Waals surface area contributed by atoms with Crippen molar-refractivity contribution in [1.82, 2.24) is 10.2 Å². The second-order valence-electron chi connectivity index (χ2n) is 6.15.